The van der Waals surface area contributed by atoms with Crippen LogP contribution in [0.25, 0.3) is 6.08 Å². The minimum Gasteiger partial charge on any atom is -0.494 e. The summed E-state index contributed by atoms with van der Waals surface area (Å²) in [6.07, 6.45) is 1.60. The van der Waals surface area contributed by atoms with Crippen molar-refractivity contribution in [3.63, 3.8) is 0 Å². The van der Waals surface area contributed by atoms with Gasteiger partial charge in [-0.05, 0) is 66.6 Å². The van der Waals surface area contributed by atoms with E-state index in [4.69, 9.17) is 4.74 Å². The predicted octanol–water partition coefficient (Wildman–Crippen LogP) is 5.03. The zero-order chi connectivity index (χ0) is 27.4. The normalized spacial score (nSPS) is 14.5. The van der Waals surface area contributed by atoms with Crippen molar-refractivity contribution in [2.75, 3.05) is 18.6 Å². The molecule has 10 heteroatoms. The number of imide groups is 2. The Kier molecular flexibility index (Phi) is 8.02. The molecule has 4 rings (SSSR count). The Morgan fingerprint density at radius 3 is 2.45 bits per heavy atom. The van der Waals surface area contributed by atoms with Crippen LogP contribution in [0.5, 0.6) is 5.75 Å². The third-order valence-electron chi connectivity index (χ3n) is 5.76. The van der Waals surface area contributed by atoms with E-state index < -0.39 is 23.8 Å². The van der Waals surface area contributed by atoms with Crippen LogP contribution in [0.4, 0.5) is 14.9 Å². The molecule has 0 saturated carbocycles. The molecule has 1 aliphatic rings. The highest BCUT2D eigenvalue weighted by Gasteiger charge is 2.37. The molecule has 0 radical (unpaired) electrons. The van der Waals surface area contributed by atoms with Gasteiger partial charge in [-0.15, -0.1) is 0 Å². The molecule has 3 aromatic carbocycles. The zero-order valence-corrected chi connectivity index (χ0v) is 22.0. The molecule has 4 amide bonds. The van der Waals surface area contributed by atoms with Crippen LogP contribution in [0, 0.1) is 5.82 Å². The molecule has 1 N–H and O–H groups in total. The van der Waals surface area contributed by atoms with E-state index in [-0.39, 0.29) is 29.1 Å². The Hall–Kier alpha value is -4.31. The second-order valence-corrected chi connectivity index (χ2v) is 9.03. The third-order valence-corrected chi connectivity index (χ3v) is 6.47. The first-order valence-electron chi connectivity index (χ1n) is 11.5. The summed E-state index contributed by atoms with van der Waals surface area (Å²) < 4.78 is 25.3. The summed E-state index contributed by atoms with van der Waals surface area (Å²) in [5, 5.41) is 2.16. The quantitative estimate of drug-likeness (QED) is 0.239. The minimum atomic E-state index is -0.917. The summed E-state index contributed by atoms with van der Waals surface area (Å²) >= 11 is 3.51. The summed E-state index contributed by atoms with van der Waals surface area (Å²) in [6, 6.07) is 14.4. The van der Waals surface area contributed by atoms with Crippen LogP contribution >= 0.6 is 15.9 Å². The maximum atomic E-state index is 14.3. The van der Waals surface area contributed by atoms with Crippen LogP contribution < -0.4 is 15.0 Å². The lowest BCUT2D eigenvalue weighted by Gasteiger charge is -2.26. The Morgan fingerprint density at radius 1 is 1.08 bits per heavy atom. The van der Waals surface area contributed by atoms with Gasteiger partial charge in [0.25, 0.3) is 11.8 Å². The molecule has 3 aromatic rings. The average Bonchev–Trinajstić information content (AvgIpc) is 2.89. The molecular formula is C28H22BrFN2O6. The van der Waals surface area contributed by atoms with Crippen molar-refractivity contribution in [2.24, 2.45) is 0 Å². The fourth-order valence-corrected chi connectivity index (χ4v) is 4.53. The average molecular weight is 581 g/mol. The molecule has 194 valence electrons. The summed E-state index contributed by atoms with van der Waals surface area (Å²) in [5.74, 6) is -2.16. The molecule has 0 atom stereocenters. The van der Waals surface area contributed by atoms with Crippen LogP contribution in [0.1, 0.15) is 34.0 Å². The maximum Gasteiger partial charge on any atom is 0.337 e. The molecule has 8 nitrogen and oxygen atoms in total. The number of barbiturate groups is 1. The number of rotatable bonds is 7. The van der Waals surface area contributed by atoms with Gasteiger partial charge < -0.3 is 9.47 Å². The number of carbonyl (C=O) groups excluding carboxylic acids is 4. The van der Waals surface area contributed by atoms with Crippen molar-refractivity contribution < 1.29 is 33.0 Å². The van der Waals surface area contributed by atoms with Crippen molar-refractivity contribution in [3.8, 4) is 5.75 Å². The number of halogens is 2. The number of esters is 1. The largest absolute Gasteiger partial charge is 0.494 e. The first-order valence-corrected chi connectivity index (χ1v) is 12.3. The van der Waals surface area contributed by atoms with E-state index >= 15 is 0 Å². The highest BCUT2D eigenvalue weighted by atomic mass is 79.9. The predicted molar refractivity (Wildman–Crippen MR) is 141 cm³/mol. The maximum absolute atomic E-state index is 14.3. The Labute approximate surface area is 226 Å². The number of amides is 4. The van der Waals surface area contributed by atoms with E-state index in [0.717, 1.165) is 4.90 Å². The van der Waals surface area contributed by atoms with Gasteiger partial charge in [-0.1, -0.05) is 34.1 Å². The topological polar surface area (TPSA) is 102 Å². The van der Waals surface area contributed by atoms with E-state index in [2.05, 4.69) is 26.0 Å². The number of carbonyl (C=O) groups is 4. The van der Waals surface area contributed by atoms with E-state index in [0.29, 0.717) is 33.5 Å². The lowest BCUT2D eigenvalue weighted by Crippen LogP contribution is -2.54. The molecule has 0 bridgehead atoms. The van der Waals surface area contributed by atoms with Crippen LogP contribution in [0.3, 0.4) is 0 Å². The number of hydrogen-bond acceptors (Lipinski definition) is 6. The van der Waals surface area contributed by atoms with Crippen molar-refractivity contribution in [1.82, 2.24) is 5.32 Å². The molecule has 0 aliphatic carbocycles. The number of nitrogens with one attached hydrogen (secondary N) is 1. The Bertz CT molecular complexity index is 1470. The SMILES string of the molecule is CCOc1cc(/C=C2\C(=O)NC(=O)N(c3ccc(C(=O)OC)cc3)C2=O)cc(Br)c1Cc1ccccc1F. The minimum absolute atomic E-state index is 0.162. The number of benzene rings is 3. The molecule has 1 heterocycles. The van der Waals surface area contributed by atoms with Gasteiger partial charge in [-0.2, -0.15) is 0 Å². The van der Waals surface area contributed by atoms with Gasteiger partial charge in [-0.3, -0.25) is 14.9 Å². The van der Waals surface area contributed by atoms with Crippen LogP contribution in [-0.2, 0) is 20.7 Å². The van der Waals surface area contributed by atoms with E-state index in [1.54, 1.807) is 37.3 Å². The fraction of sp³-hybridized carbons (Fsp3) is 0.143. The van der Waals surface area contributed by atoms with Gasteiger partial charge in [0.05, 0.1) is 25.0 Å². The number of urea groups is 1. The third kappa shape index (κ3) is 5.50. The van der Waals surface area contributed by atoms with Gasteiger partial charge in [0.2, 0.25) is 0 Å². The highest BCUT2D eigenvalue weighted by molar-refractivity contribution is 9.10. The van der Waals surface area contributed by atoms with Crippen LogP contribution in [0.2, 0.25) is 0 Å². The van der Waals surface area contributed by atoms with E-state index in [1.165, 1.54) is 43.5 Å². The molecule has 0 unspecified atom stereocenters. The van der Waals surface area contributed by atoms with E-state index in [9.17, 15) is 23.6 Å². The summed E-state index contributed by atoms with van der Waals surface area (Å²) in [6.45, 7) is 2.14. The number of methoxy groups -OCH3 is 1. The smallest absolute Gasteiger partial charge is 0.337 e. The van der Waals surface area contributed by atoms with Gasteiger partial charge in [0, 0.05) is 16.5 Å². The Balaban J connectivity index is 1.69. The van der Waals surface area contributed by atoms with Gasteiger partial charge in [-0.25, -0.2) is 18.9 Å². The fourth-order valence-electron chi connectivity index (χ4n) is 3.93. The van der Waals surface area contributed by atoms with Gasteiger partial charge >= 0.3 is 12.0 Å². The summed E-state index contributed by atoms with van der Waals surface area (Å²) in [7, 11) is 1.24. The molecule has 1 aliphatic heterocycles. The summed E-state index contributed by atoms with van der Waals surface area (Å²) in [4.78, 5) is 50.9. The number of hydrogen-bond donors (Lipinski definition) is 1. The first kappa shape index (κ1) is 26.7. The first-order chi connectivity index (χ1) is 18.2. The molecule has 38 heavy (non-hydrogen) atoms. The molecule has 0 spiro atoms. The number of ether oxygens (including phenoxy) is 2. The van der Waals surface area contributed by atoms with Crippen molar-refractivity contribution in [2.45, 2.75) is 13.3 Å². The second-order valence-electron chi connectivity index (χ2n) is 8.18. The Morgan fingerprint density at radius 2 is 1.79 bits per heavy atom. The standard InChI is InChI=1S/C28H22BrFN2O6/c1-3-38-24-14-16(13-22(29)20(24)15-18-6-4-5-7-23(18)30)12-21-25(33)31-28(36)32(26(21)34)19-10-8-17(9-11-19)27(35)37-2/h4-14H,3,15H2,1-2H3,(H,31,33,36)/b21-12+. The van der Waals surface area contributed by atoms with Crippen LogP contribution in [-0.4, -0.2) is 37.5 Å². The highest BCUT2D eigenvalue weighted by Crippen LogP contribution is 2.33. The molecule has 1 saturated heterocycles. The second kappa shape index (κ2) is 11.4. The summed E-state index contributed by atoms with van der Waals surface area (Å²) in [5.41, 5.74) is 1.74. The lowest BCUT2D eigenvalue weighted by atomic mass is 10.00. The van der Waals surface area contributed by atoms with E-state index in [1.807, 2.05) is 0 Å². The van der Waals surface area contributed by atoms with Gasteiger partial charge in [0.15, 0.2) is 0 Å². The number of anilines is 1. The molecule has 1 fully saturated rings. The van der Waals surface area contributed by atoms with Crippen molar-refractivity contribution in [1.29, 1.82) is 0 Å². The lowest BCUT2D eigenvalue weighted by molar-refractivity contribution is -0.122. The van der Waals surface area contributed by atoms with Crippen molar-refractivity contribution >= 4 is 51.5 Å². The number of nitrogens with zero attached hydrogens (tertiary/aromatic N) is 1. The van der Waals surface area contributed by atoms with Crippen molar-refractivity contribution in [3.05, 3.63) is 98.8 Å². The molecule has 0 aromatic heterocycles. The van der Waals surface area contributed by atoms with Gasteiger partial charge in [0.1, 0.15) is 17.1 Å². The molecular weight excluding hydrogens is 559 g/mol. The van der Waals surface area contributed by atoms with Crippen LogP contribution in [0.15, 0.2) is 70.7 Å². The zero-order valence-electron chi connectivity index (χ0n) is 20.4. The monoisotopic (exact) mass is 580 g/mol.